The van der Waals surface area contributed by atoms with Crippen LogP contribution in [-0.2, 0) is 47.5 Å². The number of amides is 1. The maximum absolute atomic E-state index is 14.6. The molecule has 1 aliphatic heterocycles. The first-order chi connectivity index (χ1) is 39.7. The average Bonchev–Trinajstić information content (AvgIpc) is 3.66. The zero-order valence-corrected chi connectivity index (χ0v) is 50.1. The molecule has 1 heterocycles. The Morgan fingerprint density at radius 2 is 0.951 bits per heavy atom. The fourth-order valence-corrected chi connectivity index (χ4v) is 9.65. The van der Waals surface area contributed by atoms with Crippen LogP contribution in [-0.4, -0.2) is 104 Å². The van der Waals surface area contributed by atoms with E-state index < -0.39 is 96.7 Å². The van der Waals surface area contributed by atoms with E-state index in [1.807, 2.05) is 0 Å². The molecule has 1 aliphatic rings. The number of methoxy groups -OCH3 is 1. The van der Waals surface area contributed by atoms with Crippen LogP contribution in [0.1, 0.15) is 226 Å². The molecular weight excluding hydrogens is 1040 g/mol. The molecule has 82 heavy (non-hydrogen) atoms. The number of aliphatic hydroxyl groups excluding tert-OH is 1. The van der Waals surface area contributed by atoms with Gasteiger partial charge in [0.2, 0.25) is 0 Å². The molecule has 1 saturated heterocycles. The molecule has 3 aromatic rings. The van der Waals surface area contributed by atoms with Gasteiger partial charge in [-0.15, -0.1) is 0 Å². The number of benzene rings is 3. The minimum absolute atomic E-state index is 0.0870. The second-order valence-corrected chi connectivity index (χ2v) is 22.7. The van der Waals surface area contributed by atoms with E-state index in [1.165, 1.54) is 94.2 Å². The molecule has 0 unspecified atom stereocenters. The van der Waals surface area contributed by atoms with Gasteiger partial charge >= 0.3 is 29.8 Å². The summed E-state index contributed by atoms with van der Waals surface area (Å²) in [4.78, 5) is 84.0. The van der Waals surface area contributed by atoms with Gasteiger partial charge in [-0.2, -0.15) is 0 Å². The molecule has 15 heteroatoms. The molecule has 8 atom stereocenters. The summed E-state index contributed by atoms with van der Waals surface area (Å²) >= 11 is 0. The van der Waals surface area contributed by atoms with Crippen LogP contribution in [0, 0.1) is 5.41 Å². The van der Waals surface area contributed by atoms with Crippen LogP contribution in [0.15, 0.2) is 103 Å². The summed E-state index contributed by atoms with van der Waals surface area (Å²) in [6, 6.07) is 22.6. The van der Waals surface area contributed by atoms with E-state index in [0.29, 0.717) is 12.8 Å². The standard InChI is InChI=1S/C67H97NO14/c1-7-9-11-13-15-17-19-20-21-22-23-24-26-28-39-47-54(69)53(68-60(70)55(78-66(75)67(3,4)5)48-40-29-27-25-18-16-14-12-10-8-2)49-77-65-59(81-63(73)52-45-37-32-38-46-52)57(80-62(72)51-43-35-31-36-44-51)56(58(82-65)64(74)76-6)79-61(71)50-41-33-30-34-42-50/h17,19,30-38,41-46,53-59,65,69H,7-16,18,20-29,39-40,47-49H2,1-6H3,(H,68,70)/b19-17-/t53-,54+,55+,56-,57-,58-,59+,65-/m0/s1. The largest absolute Gasteiger partial charge is 0.467 e. The van der Waals surface area contributed by atoms with Crippen molar-refractivity contribution in [3.8, 4) is 0 Å². The quantitative estimate of drug-likeness (QED) is 0.0236. The highest BCUT2D eigenvalue weighted by Gasteiger charge is 2.56. The molecular formula is C67H97NO14. The monoisotopic (exact) mass is 1140 g/mol. The second kappa shape index (κ2) is 39.6. The van der Waals surface area contributed by atoms with E-state index in [2.05, 4.69) is 31.3 Å². The number of rotatable bonds is 40. The minimum atomic E-state index is -1.83. The van der Waals surface area contributed by atoms with Crippen LogP contribution < -0.4 is 5.32 Å². The summed E-state index contributed by atoms with van der Waals surface area (Å²) in [6.45, 7) is 9.06. The smallest absolute Gasteiger partial charge is 0.339 e. The fourth-order valence-electron chi connectivity index (χ4n) is 9.65. The first kappa shape index (κ1) is 68.6. The van der Waals surface area contributed by atoms with Crippen LogP contribution in [0.25, 0.3) is 0 Å². The molecule has 1 amide bonds. The molecule has 0 saturated carbocycles. The van der Waals surface area contributed by atoms with Crippen molar-refractivity contribution in [2.45, 2.75) is 244 Å². The lowest BCUT2D eigenvalue weighted by Gasteiger charge is -2.43. The predicted octanol–water partition coefficient (Wildman–Crippen LogP) is 13.7. The van der Waals surface area contributed by atoms with E-state index in [1.54, 1.807) is 75.4 Å². The van der Waals surface area contributed by atoms with Crippen molar-refractivity contribution in [2.24, 2.45) is 5.41 Å². The van der Waals surface area contributed by atoms with Crippen molar-refractivity contribution >= 4 is 35.8 Å². The van der Waals surface area contributed by atoms with Gasteiger partial charge < -0.3 is 43.6 Å². The number of carbonyl (C=O) groups excluding carboxylic acids is 6. The van der Waals surface area contributed by atoms with Gasteiger partial charge in [-0.05, 0) is 102 Å². The predicted molar refractivity (Wildman–Crippen MR) is 317 cm³/mol. The van der Waals surface area contributed by atoms with Crippen molar-refractivity contribution in [3.05, 3.63) is 120 Å². The number of esters is 5. The number of unbranched alkanes of at least 4 members (excludes halogenated alkanes) is 20. The number of carbonyl (C=O) groups is 6. The normalized spacial score (nSPS) is 18.2. The molecule has 454 valence electrons. The van der Waals surface area contributed by atoms with Crippen LogP contribution in [0.2, 0.25) is 0 Å². The number of hydrogen-bond donors (Lipinski definition) is 2. The van der Waals surface area contributed by atoms with E-state index >= 15 is 0 Å². The molecule has 2 N–H and O–H groups in total. The Labute approximate surface area is 489 Å². The van der Waals surface area contributed by atoms with Crippen LogP contribution in [0.5, 0.6) is 0 Å². The number of nitrogens with one attached hydrogen (secondary N) is 1. The maximum atomic E-state index is 14.6. The van der Waals surface area contributed by atoms with Gasteiger partial charge in [0.05, 0.1) is 48.0 Å². The first-order valence-corrected chi connectivity index (χ1v) is 30.7. The lowest BCUT2D eigenvalue weighted by Crippen LogP contribution is -2.64. The average molecular weight is 1140 g/mol. The number of allylic oxidation sites excluding steroid dienone is 2. The molecule has 0 radical (unpaired) electrons. The van der Waals surface area contributed by atoms with E-state index in [-0.39, 0.29) is 29.5 Å². The zero-order chi connectivity index (χ0) is 59.4. The Kier molecular flexibility index (Phi) is 33.1. The Hall–Kier alpha value is -5.90. The topological polar surface area (TPSA) is 199 Å². The van der Waals surface area contributed by atoms with E-state index in [9.17, 15) is 33.9 Å². The molecule has 0 spiro atoms. The van der Waals surface area contributed by atoms with Gasteiger partial charge in [-0.3, -0.25) is 9.59 Å². The van der Waals surface area contributed by atoms with Gasteiger partial charge in [0.1, 0.15) is 0 Å². The number of hydrogen-bond acceptors (Lipinski definition) is 14. The lowest BCUT2D eigenvalue weighted by molar-refractivity contribution is -0.294. The third-order valence-electron chi connectivity index (χ3n) is 14.7. The Morgan fingerprint density at radius 3 is 1.40 bits per heavy atom. The Bertz CT molecular complexity index is 2300. The molecule has 0 aliphatic carbocycles. The van der Waals surface area contributed by atoms with Crippen LogP contribution in [0.4, 0.5) is 0 Å². The Balaban J connectivity index is 1.63. The summed E-state index contributed by atoms with van der Waals surface area (Å²) < 4.78 is 42.2. The highest BCUT2D eigenvalue weighted by atomic mass is 16.7. The summed E-state index contributed by atoms with van der Waals surface area (Å²) in [5.74, 6) is -4.99. The Morgan fingerprint density at radius 1 is 0.549 bits per heavy atom. The molecule has 0 aromatic heterocycles. The summed E-state index contributed by atoms with van der Waals surface area (Å²) in [5, 5.41) is 15.0. The minimum Gasteiger partial charge on any atom is -0.467 e. The molecule has 3 aromatic carbocycles. The van der Waals surface area contributed by atoms with Crippen molar-refractivity contribution in [1.82, 2.24) is 5.32 Å². The highest BCUT2D eigenvalue weighted by molar-refractivity contribution is 5.92. The van der Waals surface area contributed by atoms with Gasteiger partial charge in [0.15, 0.2) is 36.8 Å². The SMILES string of the molecule is CCCCCC/C=C\CCCCCCCCC[C@@H](O)[C@H](CO[C@H]1O[C@H](C(=O)OC)[C@@H](OC(=O)c2ccccc2)[C@H](OC(=O)c2ccccc2)[C@H]1OC(=O)c1ccccc1)NC(=O)[C@@H](CCCCCCCCCCCC)OC(=O)C(C)(C)C. The van der Waals surface area contributed by atoms with Crippen molar-refractivity contribution in [3.63, 3.8) is 0 Å². The molecule has 1 fully saturated rings. The van der Waals surface area contributed by atoms with Crippen LogP contribution >= 0.6 is 0 Å². The maximum Gasteiger partial charge on any atom is 0.339 e. The fraction of sp³-hybridized carbons (Fsp3) is 0.612. The third-order valence-corrected chi connectivity index (χ3v) is 14.7. The summed E-state index contributed by atoms with van der Waals surface area (Å²) in [5.41, 5.74) is -0.641. The molecule has 0 bridgehead atoms. The van der Waals surface area contributed by atoms with Crippen molar-refractivity contribution in [2.75, 3.05) is 13.7 Å². The number of ether oxygens (including phenoxy) is 7. The van der Waals surface area contributed by atoms with Gasteiger partial charge in [-0.25, -0.2) is 19.2 Å². The third kappa shape index (κ3) is 25.7. The second-order valence-electron chi connectivity index (χ2n) is 22.7. The van der Waals surface area contributed by atoms with Gasteiger partial charge in [0.25, 0.3) is 5.91 Å². The van der Waals surface area contributed by atoms with Gasteiger partial charge in [0, 0.05) is 0 Å². The van der Waals surface area contributed by atoms with Crippen molar-refractivity contribution in [1.29, 1.82) is 0 Å². The lowest BCUT2D eigenvalue weighted by atomic mass is 9.97. The van der Waals surface area contributed by atoms with Crippen LogP contribution in [0.3, 0.4) is 0 Å². The first-order valence-electron chi connectivity index (χ1n) is 30.7. The van der Waals surface area contributed by atoms with Gasteiger partial charge in [-0.1, -0.05) is 196 Å². The summed E-state index contributed by atoms with van der Waals surface area (Å²) in [6.07, 6.45) is 18.5. The zero-order valence-electron chi connectivity index (χ0n) is 50.1. The summed E-state index contributed by atoms with van der Waals surface area (Å²) in [7, 11) is 1.10. The molecule has 15 nitrogen and oxygen atoms in total. The van der Waals surface area contributed by atoms with E-state index in [4.69, 9.17) is 33.2 Å². The molecule has 4 rings (SSSR count). The van der Waals surface area contributed by atoms with E-state index in [0.717, 1.165) is 84.2 Å². The highest BCUT2D eigenvalue weighted by Crippen LogP contribution is 2.33. The number of aliphatic hydroxyl groups is 1. The van der Waals surface area contributed by atoms with Crippen molar-refractivity contribution < 1.29 is 67.0 Å².